The number of nitrogens with one attached hydrogen (secondary N) is 1. The Morgan fingerprint density at radius 1 is 1.15 bits per heavy atom. The van der Waals surface area contributed by atoms with E-state index in [0.717, 1.165) is 31.6 Å². The number of hydrogen-bond donors (Lipinski definition) is 1. The molecule has 3 heteroatoms. The lowest BCUT2D eigenvalue weighted by Crippen LogP contribution is -2.50. The van der Waals surface area contributed by atoms with Crippen LogP contribution in [0.25, 0.3) is 0 Å². The highest BCUT2D eigenvalue weighted by atomic mass is 35.5. The minimum Gasteiger partial charge on any atom is -0.349 e. The summed E-state index contributed by atoms with van der Waals surface area (Å²) in [5.74, 6) is 1.81. The van der Waals surface area contributed by atoms with Gasteiger partial charge < -0.3 is 5.32 Å². The van der Waals surface area contributed by atoms with Crippen molar-refractivity contribution in [1.82, 2.24) is 5.32 Å². The summed E-state index contributed by atoms with van der Waals surface area (Å²) in [6, 6.07) is 0. The molecule has 0 atom stereocenters. The van der Waals surface area contributed by atoms with Crippen LogP contribution in [0.1, 0.15) is 72.1 Å². The third-order valence-corrected chi connectivity index (χ3v) is 6.04. The molecule has 116 valence electrons. The number of carbonyl (C=O) groups is 1. The van der Waals surface area contributed by atoms with Gasteiger partial charge in [-0.2, -0.15) is 0 Å². The van der Waals surface area contributed by atoms with Crippen molar-refractivity contribution in [2.45, 2.75) is 77.7 Å². The van der Waals surface area contributed by atoms with Crippen LogP contribution in [0.2, 0.25) is 0 Å². The van der Waals surface area contributed by atoms with Crippen LogP contribution < -0.4 is 5.32 Å². The Hall–Kier alpha value is -0.240. The van der Waals surface area contributed by atoms with Crippen molar-refractivity contribution in [3.05, 3.63) is 0 Å². The number of alkyl halides is 1. The summed E-state index contributed by atoms with van der Waals surface area (Å²) in [5.41, 5.74) is 0.282. The van der Waals surface area contributed by atoms with Gasteiger partial charge in [0.05, 0.1) is 5.54 Å². The first-order valence-electron chi connectivity index (χ1n) is 8.24. The standard InChI is InChI=1S/C17H30ClNO/c1-16(2,3)14-8-6-13(7-9-14)15(20)19-17(12-18)10-4-5-11-17/h13-14H,4-12H2,1-3H3,(H,19,20). The summed E-state index contributed by atoms with van der Waals surface area (Å²) in [5, 5.41) is 3.29. The Morgan fingerprint density at radius 3 is 2.15 bits per heavy atom. The molecule has 0 radical (unpaired) electrons. The minimum atomic E-state index is -0.0977. The summed E-state index contributed by atoms with van der Waals surface area (Å²) in [6.45, 7) is 6.96. The Balaban J connectivity index is 1.86. The lowest BCUT2D eigenvalue weighted by molar-refractivity contribution is -0.128. The van der Waals surface area contributed by atoms with Gasteiger partial charge in [-0.1, -0.05) is 33.6 Å². The van der Waals surface area contributed by atoms with Crippen molar-refractivity contribution in [3.63, 3.8) is 0 Å². The highest BCUT2D eigenvalue weighted by Gasteiger charge is 2.38. The molecule has 0 saturated heterocycles. The normalized spacial score (nSPS) is 30.2. The fraction of sp³-hybridized carbons (Fsp3) is 0.941. The highest BCUT2D eigenvalue weighted by molar-refractivity contribution is 6.18. The summed E-state index contributed by atoms with van der Waals surface area (Å²) < 4.78 is 0. The quantitative estimate of drug-likeness (QED) is 0.763. The molecular formula is C17H30ClNO. The zero-order chi connectivity index (χ0) is 14.8. The van der Waals surface area contributed by atoms with Crippen molar-refractivity contribution in [1.29, 1.82) is 0 Å². The predicted molar refractivity (Wildman–Crippen MR) is 85.0 cm³/mol. The molecule has 2 nitrogen and oxygen atoms in total. The summed E-state index contributed by atoms with van der Waals surface area (Å²) in [6.07, 6.45) is 8.98. The smallest absolute Gasteiger partial charge is 0.223 e. The largest absolute Gasteiger partial charge is 0.349 e. The first kappa shape index (κ1) is 16.1. The second-order valence-electron chi connectivity index (χ2n) is 8.02. The van der Waals surface area contributed by atoms with Crippen LogP contribution in [0.5, 0.6) is 0 Å². The fourth-order valence-electron chi connectivity index (χ4n) is 3.93. The van der Waals surface area contributed by atoms with E-state index >= 15 is 0 Å². The van der Waals surface area contributed by atoms with Gasteiger partial charge in [-0.25, -0.2) is 0 Å². The van der Waals surface area contributed by atoms with Gasteiger partial charge in [0.2, 0.25) is 5.91 Å². The number of amides is 1. The number of rotatable bonds is 3. The van der Waals surface area contributed by atoms with Crippen molar-refractivity contribution >= 4 is 17.5 Å². The van der Waals surface area contributed by atoms with E-state index in [2.05, 4.69) is 26.1 Å². The second kappa shape index (κ2) is 6.25. The molecule has 2 aliphatic rings. The molecule has 0 spiro atoms. The zero-order valence-corrected chi connectivity index (χ0v) is 14.1. The van der Waals surface area contributed by atoms with Gasteiger partial charge in [-0.15, -0.1) is 11.6 Å². The number of halogens is 1. The van der Waals surface area contributed by atoms with E-state index in [-0.39, 0.29) is 17.4 Å². The van der Waals surface area contributed by atoms with E-state index in [1.807, 2.05) is 0 Å². The van der Waals surface area contributed by atoms with Crippen molar-refractivity contribution in [2.75, 3.05) is 5.88 Å². The maximum absolute atomic E-state index is 12.5. The van der Waals surface area contributed by atoms with Crippen LogP contribution in [-0.2, 0) is 4.79 Å². The van der Waals surface area contributed by atoms with Gasteiger partial charge >= 0.3 is 0 Å². The van der Waals surface area contributed by atoms with Crippen LogP contribution in [0.15, 0.2) is 0 Å². The number of hydrogen-bond acceptors (Lipinski definition) is 1. The SMILES string of the molecule is CC(C)(C)C1CCC(C(=O)NC2(CCl)CCCC2)CC1. The average Bonchev–Trinajstić information content (AvgIpc) is 2.87. The van der Waals surface area contributed by atoms with Crippen molar-refractivity contribution < 1.29 is 4.79 Å². The Labute approximate surface area is 129 Å². The molecule has 1 amide bonds. The molecular weight excluding hydrogens is 270 g/mol. The molecule has 0 aromatic heterocycles. The Bertz CT molecular complexity index is 333. The molecule has 20 heavy (non-hydrogen) atoms. The molecule has 0 aromatic carbocycles. The highest BCUT2D eigenvalue weighted by Crippen LogP contribution is 2.40. The van der Waals surface area contributed by atoms with E-state index in [1.165, 1.54) is 25.7 Å². The Kier molecular flexibility index (Phi) is 5.05. The van der Waals surface area contributed by atoms with Crippen molar-refractivity contribution in [2.24, 2.45) is 17.3 Å². The van der Waals surface area contributed by atoms with Gasteiger partial charge in [0.25, 0.3) is 0 Å². The average molecular weight is 300 g/mol. The predicted octanol–water partition coefficient (Wildman–Crippen LogP) is 4.51. The summed E-state index contributed by atoms with van der Waals surface area (Å²) in [7, 11) is 0. The van der Waals surface area contributed by atoms with Gasteiger partial charge in [-0.3, -0.25) is 4.79 Å². The van der Waals surface area contributed by atoms with Gasteiger partial charge in [0.1, 0.15) is 0 Å². The Morgan fingerprint density at radius 2 is 1.70 bits per heavy atom. The molecule has 2 saturated carbocycles. The zero-order valence-electron chi connectivity index (χ0n) is 13.3. The van der Waals surface area contributed by atoms with E-state index in [4.69, 9.17) is 11.6 Å². The maximum atomic E-state index is 12.5. The minimum absolute atomic E-state index is 0.0977. The lowest BCUT2D eigenvalue weighted by Gasteiger charge is -2.38. The van der Waals surface area contributed by atoms with E-state index in [0.29, 0.717) is 11.3 Å². The molecule has 0 unspecified atom stereocenters. The van der Waals surface area contributed by atoms with Crippen LogP contribution >= 0.6 is 11.6 Å². The molecule has 0 aromatic rings. The molecule has 2 fully saturated rings. The van der Waals surface area contributed by atoms with Crippen LogP contribution in [0, 0.1) is 17.3 Å². The maximum Gasteiger partial charge on any atom is 0.223 e. The van der Waals surface area contributed by atoms with Gasteiger partial charge in [0, 0.05) is 11.8 Å². The molecule has 2 rings (SSSR count). The third-order valence-electron chi connectivity index (χ3n) is 5.53. The van der Waals surface area contributed by atoms with Crippen LogP contribution in [0.3, 0.4) is 0 Å². The molecule has 0 heterocycles. The molecule has 0 aliphatic heterocycles. The molecule has 1 N–H and O–H groups in total. The second-order valence-corrected chi connectivity index (χ2v) is 8.29. The number of carbonyl (C=O) groups excluding carboxylic acids is 1. The van der Waals surface area contributed by atoms with Crippen LogP contribution in [0.4, 0.5) is 0 Å². The third kappa shape index (κ3) is 3.69. The van der Waals surface area contributed by atoms with Gasteiger partial charge in [-0.05, 0) is 49.9 Å². The monoisotopic (exact) mass is 299 g/mol. The summed E-state index contributed by atoms with van der Waals surface area (Å²) >= 11 is 6.12. The topological polar surface area (TPSA) is 29.1 Å². The first-order valence-corrected chi connectivity index (χ1v) is 8.78. The van der Waals surface area contributed by atoms with Crippen molar-refractivity contribution in [3.8, 4) is 0 Å². The molecule has 2 aliphatic carbocycles. The van der Waals surface area contributed by atoms with Gasteiger partial charge in [0.15, 0.2) is 0 Å². The van der Waals surface area contributed by atoms with E-state index in [1.54, 1.807) is 0 Å². The van der Waals surface area contributed by atoms with E-state index in [9.17, 15) is 4.79 Å². The van der Waals surface area contributed by atoms with E-state index < -0.39 is 0 Å². The van der Waals surface area contributed by atoms with Crippen LogP contribution in [-0.4, -0.2) is 17.3 Å². The first-order chi connectivity index (χ1) is 9.36. The fourth-order valence-corrected chi connectivity index (χ4v) is 4.26. The molecule has 0 bridgehead atoms. The lowest BCUT2D eigenvalue weighted by atomic mass is 9.69. The summed E-state index contributed by atoms with van der Waals surface area (Å²) in [4.78, 5) is 12.5.